The molecule has 7 heteroatoms. The van der Waals surface area contributed by atoms with Gasteiger partial charge in [-0.15, -0.1) is 0 Å². The zero-order valence-electron chi connectivity index (χ0n) is 17.2. The summed E-state index contributed by atoms with van der Waals surface area (Å²) in [7, 11) is 0. The fourth-order valence-corrected chi connectivity index (χ4v) is 3.98. The van der Waals surface area contributed by atoms with Gasteiger partial charge in [-0.3, -0.25) is 14.5 Å². The molecular formula is C23H26N4O3. The van der Waals surface area contributed by atoms with Gasteiger partial charge < -0.3 is 10.1 Å². The SMILES string of the molecule is C[C@H]1CN(CCNC(=O)c2nn(-c3ccccc3)c(=O)c3ccccc23)C[C@H](C)O1. The first-order valence-corrected chi connectivity index (χ1v) is 10.3. The van der Waals surface area contributed by atoms with Gasteiger partial charge in [-0.05, 0) is 32.0 Å². The molecule has 2 heterocycles. The number of morpholine rings is 1. The second kappa shape index (κ2) is 8.77. The Morgan fingerprint density at radius 3 is 2.37 bits per heavy atom. The maximum atomic E-state index is 13.0. The van der Waals surface area contributed by atoms with Crippen LogP contribution in [0.25, 0.3) is 16.5 Å². The van der Waals surface area contributed by atoms with Crippen LogP contribution < -0.4 is 10.9 Å². The maximum Gasteiger partial charge on any atom is 0.279 e. The molecule has 156 valence electrons. The first kappa shape index (κ1) is 20.3. The number of ether oxygens (including phenoxy) is 1. The molecule has 1 N–H and O–H groups in total. The van der Waals surface area contributed by atoms with E-state index in [1.54, 1.807) is 30.3 Å². The number of nitrogens with zero attached hydrogens (tertiary/aromatic N) is 3. The van der Waals surface area contributed by atoms with Crippen molar-refractivity contribution in [3.8, 4) is 5.69 Å². The Kier molecular flexibility index (Phi) is 5.92. The average Bonchev–Trinajstić information content (AvgIpc) is 2.74. The third kappa shape index (κ3) is 4.27. The molecule has 0 saturated carbocycles. The predicted molar refractivity (Wildman–Crippen MR) is 116 cm³/mol. The van der Waals surface area contributed by atoms with E-state index in [-0.39, 0.29) is 29.4 Å². The standard InChI is InChI=1S/C23H26N4O3/c1-16-14-26(15-17(2)30-16)13-12-24-22(28)21-19-10-6-7-11-20(19)23(29)27(25-21)18-8-4-3-5-9-18/h3-11,16-17H,12-15H2,1-2H3,(H,24,28)/t16-,17-/m0/s1. The van der Waals surface area contributed by atoms with Gasteiger partial charge in [-0.25, -0.2) is 0 Å². The van der Waals surface area contributed by atoms with E-state index in [9.17, 15) is 9.59 Å². The molecule has 7 nitrogen and oxygen atoms in total. The van der Waals surface area contributed by atoms with Crippen LogP contribution in [0.15, 0.2) is 59.4 Å². The van der Waals surface area contributed by atoms with E-state index in [0.29, 0.717) is 23.0 Å². The second-order valence-electron chi connectivity index (χ2n) is 7.72. The molecule has 2 atom stereocenters. The van der Waals surface area contributed by atoms with E-state index in [2.05, 4.69) is 29.2 Å². The lowest BCUT2D eigenvalue weighted by molar-refractivity contribution is -0.0672. The van der Waals surface area contributed by atoms with Gasteiger partial charge in [-0.1, -0.05) is 36.4 Å². The van der Waals surface area contributed by atoms with Gasteiger partial charge in [0.25, 0.3) is 11.5 Å². The Hall–Kier alpha value is -3.03. The normalized spacial score (nSPS) is 19.7. The molecule has 0 radical (unpaired) electrons. The van der Waals surface area contributed by atoms with Crippen LogP contribution in [0.1, 0.15) is 24.3 Å². The van der Waals surface area contributed by atoms with Gasteiger partial charge in [0, 0.05) is 31.6 Å². The summed E-state index contributed by atoms with van der Waals surface area (Å²) in [6.45, 7) is 7.05. The third-order valence-electron chi connectivity index (χ3n) is 5.23. The maximum absolute atomic E-state index is 13.0. The molecule has 1 fully saturated rings. The van der Waals surface area contributed by atoms with Gasteiger partial charge in [0.2, 0.25) is 0 Å². The fourth-order valence-electron chi connectivity index (χ4n) is 3.98. The molecule has 0 bridgehead atoms. The average molecular weight is 406 g/mol. The summed E-state index contributed by atoms with van der Waals surface area (Å²) in [5, 5.41) is 8.41. The molecule has 0 aliphatic carbocycles. The molecule has 1 aromatic heterocycles. The van der Waals surface area contributed by atoms with Crippen LogP contribution in [0.2, 0.25) is 0 Å². The van der Waals surface area contributed by atoms with Crippen LogP contribution in [0, 0.1) is 0 Å². The zero-order chi connectivity index (χ0) is 21.1. The Bertz CT molecular complexity index is 1090. The molecule has 4 rings (SSSR count). The second-order valence-corrected chi connectivity index (χ2v) is 7.72. The Morgan fingerprint density at radius 1 is 1.03 bits per heavy atom. The van der Waals surface area contributed by atoms with Crippen molar-refractivity contribution >= 4 is 16.7 Å². The number of fused-ring (bicyclic) bond motifs is 1. The summed E-state index contributed by atoms with van der Waals surface area (Å²) in [6, 6.07) is 16.2. The molecule has 1 amide bonds. The van der Waals surface area contributed by atoms with Crippen molar-refractivity contribution in [2.75, 3.05) is 26.2 Å². The van der Waals surface area contributed by atoms with E-state index in [0.717, 1.165) is 19.6 Å². The highest BCUT2D eigenvalue weighted by molar-refractivity contribution is 6.04. The summed E-state index contributed by atoms with van der Waals surface area (Å²) in [5.74, 6) is -0.287. The first-order valence-electron chi connectivity index (χ1n) is 10.3. The number of nitrogens with one attached hydrogen (secondary N) is 1. The summed E-state index contributed by atoms with van der Waals surface area (Å²) in [4.78, 5) is 28.2. The molecule has 1 aliphatic rings. The van der Waals surface area contributed by atoms with Crippen molar-refractivity contribution in [2.45, 2.75) is 26.1 Å². The molecule has 1 aliphatic heterocycles. The zero-order valence-corrected chi connectivity index (χ0v) is 17.2. The van der Waals surface area contributed by atoms with Crippen molar-refractivity contribution in [1.82, 2.24) is 20.0 Å². The topological polar surface area (TPSA) is 76.5 Å². The summed E-state index contributed by atoms with van der Waals surface area (Å²) in [5.41, 5.74) is 0.626. The van der Waals surface area contributed by atoms with E-state index in [1.165, 1.54) is 4.68 Å². The van der Waals surface area contributed by atoms with E-state index < -0.39 is 0 Å². The van der Waals surface area contributed by atoms with Gasteiger partial charge in [0.15, 0.2) is 5.69 Å². The van der Waals surface area contributed by atoms with E-state index >= 15 is 0 Å². The van der Waals surface area contributed by atoms with Gasteiger partial charge in [0.05, 0.1) is 23.3 Å². The van der Waals surface area contributed by atoms with Gasteiger partial charge in [0.1, 0.15) is 0 Å². The first-order chi connectivity index (χ1) is 14.5. The number of rotatable bonds is 5. The van der Waals surface area contributed by atoms with Crippen LogP contribution in [-0.2, 0) is 4.74 Å². The lowest BCUT2D eigenvalue weighted by Gasteiger charge is -2.35. The molecule has 1 saturated heterocycles. The lowest BCUT2D eigenvalue weighted by Crippen LogP contribution is -2.48. The largest absolute Gasteiger partial charge is 0.373 e. The number of carbonyl (C=O) groups excluding carboxylic acids is 1. The summed E-state index contributed by atoms with van der Waals surface area (Å²) in [6.07, 6.45) is 0.369. The number of hydrogen-bond acceptors (Lipinski definition) is 5. The number of para-hydroxylation sites is 1. The number of carbonyl (C=O) groups is 1. The van der Waals surface area contributed by atoms with Crippen molar-refractivity contribution in [2.24, 2.45) is 0 Å². The highest BCUT2D eigenvalue weighted by Crippen LogP contribution is 2.15. The van der Waals surface area contributed by atoms with Crippen molar-refractivity contribution in [1.29, 1.82) is 0 Å². The Balaban J connectivity index is 1.58. The summed E-state index contributed by atoms with van der Waals surface area (Å²) < 4.78 is 7.05. The fraction of sp³-hybridized carbons (Fsp3) is 0.348. The molecule has 0 unspecified atom stereocenters. The van der Waals surface area contributed by atoms with Crippen LogP contribution in [0.4, 0.5) is 0 Å². The van der Waals surface area contributed by atoms with Gasteiger partial charge in [-0.2, -0.15) is 9.78 Å². The van der Waals surface area contributed by atoms with Crippen LogP contribution in [-0.4, -0.2) is 59.0 Å². The van der Waals surface area contributed by atoms with Crippen molar-refractivity contribution in [3.05, 3.63) is 70.6 Å². The highest BCUT2D eigenvalue weighted by atomic mass is 16.5. The molecule has 3 aromatic rings. The third-order valence-corrected chi connectivity index (χ3v) is 5.23. The van der Waals surface area contributed by atoms with Crippen LogP contribution in [0.3, 0.4) is 0 Å². The minimum Gasteiger partial charge on any atom is -0.373 e. The quantitative estimate of drug-likeness (QED) is 0.703. The Labute approximate surface area is 175 Å². The molecular weight excluding hydrogens is 380 g/mol. The number of benzene rings is 2. The monoisotopic (exact) mass is 406 g/mol. The number of aromatic nitrogens is 2. The minimum absolute atomic E-state index is 0.185. The lowest BCUT2D eigenvalue weighted by atomic mass is 10.1. The minimum atomic E-state index is -0.287. The molecule has 2 aromatic carbocycles. The van der Waals surface area contributed by atoms with Crippen LogP contribution >= 0.6 is 0 Å². The number of hydrogen-bond donors (Lipinski definition) is 1. The smallest absolute Gasteiger partial charge is 0.279 e. The van der Waals surface area contributed by atoms with E-state index in [1.807, 2.05) is 24.3 Å². The van der Waals surface area contributed by atoms with E-state index in [4.69, 9.17) is 4.74 Å². The Morgan fingerprint density at radius 2 is 1.67 bits per heavy atom. The molecule has 0 spiro atoms. The predicted octanol–water partition coefficient (Wildman–Crippen LogP) is 2.22. The molecule has 30 heavy (non-hydrogen) atoms. The van der Waals surface area contributed by atoms with Crippen LogP contribution in [0.5, 0.6) is 0 Å². The highest BCUT2D eigenvalue weighted by Gasteiger charge is 2.22. The van der Waals surface area contributed by atoms with Crippen molar-refractivity contribution in [3.63, 3.8) is 0 Å². The number of amides is 1. The summed E-state index contributed by atoms with van der Waals surface area (Å²) >= 11 is 0. The van der Waals surface area contributed by atoms with Gasteiger partial charge >= 0.3 is 0 Å². The van der Waals surface area contributed by atoms with Crippen molar-refractivity contribution < 1.29 is 9.53 Å².